The number of ether oxygens (including phenoxy) is 4. The molecule has 7 atom stereocenters. The van der Waals surface area contributed by atoms with Gasteiger partial charge in [-0.2, -0.15) is 0 Å². The maximum Gasteiger partial charge on any atom is 0.332 e. The van der Waals surface area contributed by atoms with Crippen LogP contribution >= 0.6 is 0 Å². The van der Waals surface area contributed by atoms with Crippen LogP contribution in [-0.4, -0.2) is 103 Å². The maximum atomic E-state index is 14.9. The van der Waals surface area contributed by atoms with Crippen molar-refractivity contribution in [3.05, 3.63) is 67.3 Å². The van der Waals surface area contributed by atoms with Crippen molar-refractivity contribution < 1.29 is 56.1 Å². The maximum absolute atomic E-state index is 14.9. The Bertz CT molecular complexity index is 2430. The average Bonchev–Trinajstić information content (AvgIpc) is 4.17. The van der Waals surface area contributed by atoms with E-state index >= 15 is 0 Å². The van der Waals surface area contributed by atoms with Crippen molar-refractivity contribution in [1.82, 2.24) is 19.9 Å². The van der Waals surface area contributed by atoms with Gasteiger partial charge in [-0.15, -0.1) is 6.58 Å². The SMILES string of the molecule is C=C[C@@H]1C[C@]1(CC(=O)C1CC(Oc2cc(-c3ccccc3)nc3cc(OC)ccc23)CN1C(=O)[C@H](CCC(=O)N[C@@H]1C(=O)O[C@@H]1C)CC(=O)OC(C)(C)C)C(=O)NS(=O)(=O)C1CC1. The molecule has 2 aliphatic heterocycles. The molecule has 0 spiro atoms. The van der Waals surface area contributed by atoms with E-state index in [0.717, 1.165) is 5.56 Å². The number of hydrogen-bond donors (Lipinski definition) is 2. The van der Waals surface area contributed by atoms with Gasteiger partial charge in [-0.05, 0) is 71.4 Å². The monoisotopic (exact) mass is 886 g/mol. The summed E-state index contributed by atoms with van der Waals surface area (Å²) in [4.78, 5) is 87.9. The highest BCUT2D eigenvalue weighted by atomic mass is 32.2. The molecule has 16 nitrogen and oxygen atoms in total. The van der Waals surface area contributed by atoms with Crippen LogP contribution in [0.25, 0.3) is 22.2 Å². The molecule has 7 rings (SSSR count). The molecule has 2 saturated carbocycles. The minimum Gasteiger partial charge on any atom is -0.497 e. The molecular weight excluding hydrogens is 833 g/mol. The summed E-state index contributed by atoms with van der Waals surface area (Å²) in [6, 6.07) is 14.6. The van der Waals surface area contributed by atoms with Gasteiger partial charge in [0.1, 0.15) is 29.3 Å². The number of pyridine rings is 1. The first-order valence-electron chi connectivity index (χ1n) is 21.2. The zero-order valence-corrected chi connectivity index (χ0v) is 36.9. The molecule has 3 heterocycles. The first-order valence-corrected chi connectivity index (χ1v) is 22.8. The number of fused-ring (bicyclic) bond motifs is 1. The van der Waals surface area contributed by atoms with E-state index in [-0.39, 0.29) is 38.6 Å². The summed E-state index contributed by atoms with van der Waals surface area (Å²) in [7, 11) is -2.39. The molecule has 2 unspecified atom stereocenters. The third-order valence-electron chi connectivity index (χ3n) is 12.1. The van der Waals surface area contributed by atoms with Crippen molar-refractivity contribution >= 4 is 56.4 Å². The van der Waals surface area contributed by atoms with E-state index in [1.165, 1.54) is 11.0 Å². The van der Waals surface area contributed by atoms with Crippen molar-refractivity contribution in [1.29, 1.82) is 0 Å². The molecular formula is C46H54N4O12S. The van der Waals surface area contributed by atoms with Crippen LogP contribution in [0, 0.1) is 17.3 Å². The van der Waals surface area contributed by atoms with E-state index in [2.05, 4.69) is 16.6 Å². The predicted molar refractivity (Wildman–Crippen MR) is 229 cm³/mol. The second-order valence-corrected chi connectivity index (χ2v) is 19.9. The average molecular weight is 887 g/mol. The van der Waals surface area contributed by atoms with Crippen molar-refractivity contribution in [3.63, 3.8) is 0 Å². The van der Waals surface area contributed by atoms with Gasteiger partial charge in [-0.3, -0.25) is 28.7 Å². The van der Waals surface area contributed by atoms with Crippen LogP contribution in [0.3, 0.4) is 0 Å². The number of carbonyl (C=O) groups is 6. The summed E-state index contributed by atoms with van der Waals surface area (Å²) >= 11 is 0. The molecule has 0 radical (unpaired) electrons. The van der Waals surface area contributed by atoms with E-state index in [0.29, 0.717) is 40.9 Å². The number of nitrogens with zero attached hydrogens (tertiary/aromatic N) is 2. The van der Waals surface area contributed by atoms with Gasteiger partial charge in [0.05, 0.1) is 48.0 Å². The number of benzene rings is 2. The number of sulfonamides is 1. The number of aromatic nitrogens is 1. The quantitative estimate of drug-likeness (QED) is 0.132. The van der Waals surface area contributed by atoms with E-state index < -0.39 is 104 Å². The molecule has 4 aliphatic rings. The highest BCUT2D eigenvalue weighted by molar-refractivity contribution is 7.90. The summed E-state index contributed by atoms with van der Waals surface area (Å²) in [5, 5.41) is 2.59. The summed E-state index contributed by atoms with van der Waals surface area (Å²) in [6.45, 7) is 10.4. The number of hydrogen-bond acceptors (Lipinski definition) is 13. The number of rotatable bonds is 18. The molecule has 3 amide bonds. The number of ketones is 1. The molecule has 4 fully saturated rings. The number of esters is 2. The molecule has 336 valence electrons. The zero-order valence-electron chi connectivity index (χ0n) is 36.1. The normalized spacial score (nSPS) is 24.6. The van der Waals surface area contributed by atoms with Gasteiger partial charge in [0, 0.05) is 48.3 Å². The van der Waals surface area contributed by atoms with Crippen molar-refractivity contribution in [2.24, 2.45) is 17.3 Å². The fraction of sp³-hybridized carbons (Fsp3) is 0.500. The lowest BCUT2D eigenvalue weighted by molar-refractivity contribution is -0.176. The van der Waals surface area contributed by atoms with Crippen LogP contribution < -0.4 is 19.5 Å². The highest BCUT2D eigenvalue weighted by Crippen LogP contribution is 2.57. The van der Waals surface area contributed by atoms with Crippen molar-refractivity contribution in [2.75, 3.05) is 13.7 Å². The minimum absolute atomic E-state index is 0.0105. The molecule has 63 heavy (non-hydrogen) atoms. The summed E-state index contributed by atoms with van der Waals surface area (Å²) in [5.74, 6) is -4.35. The molecule has 2 N–H and O–H groups in total. The van der Waals surface area contributed by atoms with Crippen LogP contribution in [0.2, 0.25) is 0 Å². The third kappa shape index (κ3) is 10.2. The van der Waals surface area contributed by atoms with E-state index in [1.54, 1.807) is 59.1 Å². The van der Waals surface area contributed by atoms with Crippen LogP contribution in [0.1, 0.15) is 79.1 Å². The summed E-state index contributed by atoms with van der Waals surface area (Å²) in [5.41, 5.74) is -0.300. The molecule has 2 saturated heterocycles. The van der Waals surface area contributed by atoms with Gasteiger partial charge >= 0.3 is 11.9 Å². The number of Topliss-reactive ketones (excluding diaryl/α,β-unsaturated/α-hetero) is 1. The standard InChI is InChI=1S/C46H54N4O12S/c1-7-29-23-46(29,44(56)49-63(57,58)32-15-16-32)24-37(51)36-21-31(61-38-22-34(27-11-9-8-10-12-27)47-35-20-30(59-6)14-17-33(35)38)25-50(36)42(54)28(19-40(53)62-45(3,4)5)13-18-39(52)48-41-26(2)60-43(41)55/h7-12,14,17,20,22,26,28-29,31-32,36,41H,1,13,15-16,18-19,21,23-25H2,2-6H3,(H,48,52)(H,49,56)/t26-,28-,29-,31?,36?,41+,46-/m1/s1. The second-order valence-electron chi connectivity index (χ2n) is 18.0. The number of amides is 3. The van der Waals surface area contributed by atoms with Crippen LogP contribution in [0.5, 0.6) is 11.5 Å². The topological polar surface area (TPSA) is 214 Å². The Morgan fingerprint density at radius 2 is 1.81 bits per heavy atom. The Labute approximate surface area is 366 Å². The van der Waals surface area contributed by atoms with Crippen molar-refractivity contribution in [2.45, 2.75) is 114 Å². The number of methoxy groups -OCH3 is 1. The zero-order chi connectivity index (χ0) is 45.4. The Hall–Kier alpha value is -5.84. The number of carbonyl (C=O) groups excluding carboxylic acids is 6. The number of allylic oxidation sites excluding steroid dienone is 1. The fourth-order valence-electron chi connectivity index (χ4n) is 8.38. The fourth-order valence-corrected chi connectivity index (χ4v) is 9.76. The highest BCUT2D eigenvalue weighted by Gasteiger charge is 2.61. The first kappa shape index (κ1) is 45.2. The number of likely N-dealkylation sites (tertiary alicyclic amines) is 1. The van der Waals surface area contributed by atoms with E-state index in [1.807, 2.05) is 30.3 Å². The van der Waals surface area contributed by atoms with E-state index in [4.69, 9.17) is 23.9 Å². The number of nitrogens with one attached hydrogen (secondary N) is 2. The second kappa shape index (κ2) is 17.7. The Balaban J connectivity index is 1.20. The predicted octanol–water partition coefficient (Wildman–Crippen LogP) is 4.58. The Morgan fingerprint density at radius 3 is 2.43 bits per heavy atom. The lowest BCUT2D eigenvalue weighted by atomic mass is 9.90. The van der Waals surface area contributed by atoms with Crippen LogP contribution in [0.15, 0.2) is 67.3 Å². The summed E-state index contributed by atoms with van der Waals surface area (Å²) in [6.07, 6.45) is 0.0829. The molecule has 3 aromatic rings. The van der Waals surface area contributed by atoms with Crippen LogP contribution in [0.4, 0.5) is 0 Å². The molecule has 17 heteroatoms. The summed E-state index contributed by atoms with van der Waals surface area (Å²) < 4.78 is 50.7. The van der Waals surface area contributed by atoms with Crippen LogP contribution in [-0.2, 0) is 48.3 Å². The first-order chi connectivity index (χ1) is 29.8. The minimum atomic E-state index is -3.94. The molecule has 0 bridgehead atoms. The van der Waals surface area contributed by atoms with Gasteiger partial charge in [-0.25, -0.2) is 18.2 Å². The van der Waals surface area contributed by atoms with Gasteiger partial charge in [-0.1, -0.05) is 36.4 Å². The van der Waals surface area contributed by atoms with Gasteiger partial charge in [0.25, 0.3) is 0 Å². The lowest BCUT2D eigenvalue weighted by Crippen LogP contribution is -2.58. The Kier molecular flexibility index (Phi) is 12.7. The van der Waals surface area contributed by atoms with Crippen molar-refractivity contribution in [3.8, 4) is 22.8 Å². The smallest absolute Gasteiger partial charge is 0.332 e. The molecule has 2 aliphatic carbocycles. The van der Waals surface area contributed by atoms with Gasteiger partial charge in [0.15, 0.2) is 11.8 Å². The number of cyclic esters (lactones) is 1. The van der Waals surface area contributed by atoms with Gasteiger partial charge < -0.3 is 29.2 Å². The van der Waals surface area contributed by atoms with E-state index in [9.17, 15) is 37.2 Å². The Morgan fingerprint density at radius 1 is 1.08 bits per heavy atom. The van der Waals surface area contributed by atoms with Gasteiger partial charge in [0.2, 0.25) is 27.7 Å². The lowest BCUT2D eigenvalue weighted by Gasteiger charge is -2.33. The largest absolute Gasteiger partial charge is 0.497 e. The molecule has 1 aromatic heterocycles. The molecule has 2 aromatic carbocycles. The third-order valence-corrected chi connectivity index (χ3v) is 13.9.